The van der Waals surface area contributed by atoms with Gasteiger partial charge in [0.25, 0.3) is 11.6 Å². The second-order valence-corrected chi connectivity index (χ2v) is 12.4. The zero-order valence-corrected chi connectivity index (χ0v) is 27.2. The Balaban J connectivity index is 1.38. The molecule has 0 bridgehead atoms. The molecule has 0 spiro atoms. The molecule has 0 aromatic heterocycles. The Labute approximate surface area is 280 Å². The first-order valence-electron chi connectivity index (χ1n) is 16.4. The molecule has 2 aliphatic rings. The van der Waals surface area contributed by atoms with E-state index in [2.05, 4.69) is 0 Å². The van der Waals surface area contributed by atoms with E-state index in [0.717, 1.165) is 42.5 Å². The molecule has 3 aromatic rings. The molecule has 11 nitrogen and oxygen atoms in total. The first-order valence-corrected chi connectivity index (χ1v) is 16.4. The van der Waals surface area contributed by atoms with Crippen molar-refractivity contribution in [3.05, 3.63) is 112 Å². The minimum absolute atomic E-state index is 0.0328. The Bertz CT molecular complexity index is 1680. The van der Waals surface area contributed by atoms with Gasteiger partial charge in [0.1, 0.15) is 0 Å². The number of anilines is 2. The predicted molar refractivity (Wildman–Crippen MR) is 182 cm³/mol. The SMILES string of the molecule is C[C@@H](/C=C/CC(=O)N(CCO)Cc1ccccc1)[C@]1(O)C(=O)N(Cc2cccc(N3CCCCCCC3=O)c2)c2ccc([N+](=O)[O-])cc21. The number of nitrogens with zero attached hydrogens (tertiary/aromatic N) is 4. The van der Waals surface area contributed by atoms with Gasteiger partial charge in [-0.05, 0) is 42.2 Å². The highest BCUT2D eigenvalue weighted by Gasteiger charge is 2.53. The van der Waals surface area contributed by atoms with Crippen LogP contribution < -0.4 is 9.80 Å². The van der Waals surface area contributed by atoms with Crippen LogP contribution in [0.3, 0.4) is 0 Å². The molecule has 0 saturated carbocycles. The molecular weight excluding hydrogens is 612 g/mol. The fourth-order valence-electron chi connectivity index (χ4n) is 6.50. The fraction of sp³-hybridized carbons (Fsp3) is 0.378. The molecule has 252 valence electrons. The molecule has 0 unspecified atom stereocenters. The number of benzene rings is 3. The van der Waals surface area contributed by atoms with Crippen LogP contribution in [0.5, 0.6) is 0 Å². The lowest BCUT2D eigenvalue weighted by molar-refractivity contribution is -0.385. The molecule has 48 heavy (non-hydrogen) atoms. The monoisotopic (exact) mass is 654 g/mol. The number of aliphatic hydroxyl groups excluding tert-OH is 1. The number of rotatable bonds is 12. The zero-order valence-electron chi connectivity index (χ0n) is 27.2. The van der Waals surface area contributed by atoms with Crippen LogP contribution in [0.15, 0.2) is 84.9 Å². The summed E-state index contributed by atoms with van der Waals surface area (Å²) in [4.78, 5) is 56.0. The van der Waals surface area contributed by atoms with E-state index in [1.807, 2.05) is 54.6 Å². The van der Waals surface area contributed by atoms with Crippen LogP contribution in [0.4, 0.5) is 17.1 Å². The van der Waals surface area contributed by atoms with E-state index < -0.39 is 22.3 Å². The summed E-state index contributed by atoms with van der Waals surface area (Å²) in [6.07, 6.45) is 7.47. The third kappa shape index (κ3) is 7.48. The van der Waals surface area contributed by atoms with Crippen LogP contribution in [0, 0.1) is 16.0 Å². The fourth-order valence-corrected chi connectivity index (χ4v) is 6.50. The van der Waals surface area contributed by atoms with E-state index in [-0.39, 0.29) is 49.2 Å². The Morgan fingerprint density at radius 3 is 2.52 bits per heavy atom. The average Bonchev–Trinajstić information content (AvgIpc) is 3.29. The van der Waals surface area contributed by atoms with Crippen molar-refractivity contribution in [3.63, 3.8) is 0 Å². The summed E-state index contributed by atoms with van der Waals surface area (Å²) in [7, 11) is 0. The van der Waals surface area contributed by atoms with Crippen LogP contribution >= 0.6 is 0 Å². The number of non-ortho nitro benzene ring substituents is 1. The summed E-state index contributed by atoms with van der Waals surface area (Å²) >= 11 is 0. The van der Waals surface area contributed by atoms with Crippen LogP contribution in [0.1, 0.15) is 62.1 Å². The summed E-state index contributed by atoms with van der Waals surface area (Å²) in [5, 5.41) is 33.3. The van der Waals surface area contributed by atoms with Gasteiger partial charge in [0.05, 0.1) is 23.8 Å². The average molecular weight is 655 g/mol. The van der Waals surface area contributed by atoms with E-state index in [0.29, 0.717) is 25.2 Å². The van der Waals surface area contributed by atoms with Crippen molar-refractivity contribution in [2.75, 3.05) is 29.5 Å². The summed E-state index contributed by atoms with van der Waals surface area (Å²) in [5.74, 6) is -1.67. The quantitative estimate of drug-likeness (QED) is 0.155. The lowest BCUT2D eigenvalue weighted by Gasteiger charge is -2.28. The van der Waals surface area contributed by atoms with Crippen LogP contribution in [0.2, 0.25) is 0 Å². The Morgan fingerprint density at radius 1 is 1.02 bits per heavy atom. The van der Waals surface area contributed by atoms with Crippen LogP contribution in [-0.2, 0) is 33.1 Å². The molecule has 2 aliphatic heterocycles. The van der Waals surface area contributed by atoms with Crippen molar-refractivity contribution < 1.29 is 29.5 Å². The van der Waals surface area contributed by atoms with Gasteiger partial charge in [-0.3, -0.25) is 24.5 Å². The molecule has 0 aliphatic carbocycles. The minimum atomic E-state index is -2.13. The molecule has 1 saturated heterocycles. The Morgan fingerprint density at radius 2 is 1.77 bits per heavy atom. The van der Waals surface area contributed by atoms with Gasteiger partial charge in [0, 0.05) is 61.8 Å². The van der Waals surface area contributed by atoms with E-state index >= 15 is 0 Å². The van der Waals surface area contributed by atoms with Crippen molar-refractivity contribution in [2.45, 2.75) is 64.1 Å². The molecule has 3 aromatic carbocycles. The summed E-state index contributed by atoms with van der Waals surface area (Å²) in [6.45, 7) is 2.61. The number of nitro groups is 1. The Hall–Kier alpha value is -4.87. The number of amides is 3. The summed E-state index contributed by atoms with van der Waals surface area (Å²) in [6, 6.07) is 20.9. The summed E-state index contributed by atoms with van der Waals surface area (Å²) in [5.41, 5.74) is 0.479. The Kier molecular flexibility index (Phi) is 11.0. The maximum Gasteiger partial charge on any atom is 0.269 e. The van der Waals surface area contributed by atoms with Crippen molar-refractivity contribution >= 4 is 34.8 Å². The number of aliphatic hydroxyl groups is 2. The van der Waals surface area contributed by atoms with Crippen LogP contribution in [0.25, 0.3) is 0 Å². The highest BCUT2D eigenvalue weighted by Crippen LogP contribution is 2.47. The number of carbonyl (C=O) groups excluding carboxylic acids is 3. The molecule has 0 radical (unpaired) electrons. The van der Waals surface area contributed by atoms with Gasteiger partial charge in [-0.1, -0.05) is 74.4 Å². The maximum atomic E-state index is 14.1. The molecule has 11 heteroatoms. The van der Waals surface area contributed by atoms with Gasteiger partial charge < -0.3 is 24.9 Å². The second-order valence-electron chi connectivity index (χ2n) is 12.4. The first kappa shape index (κ1) is 34.5. The van der Waals surface area contributed by atoms with Crippen molar-refractivity contribution in [2.24, 2.45) is 5.92 Å². The number of fused-ring (bicyclic) bond motifs is 1. The highest BCUT2D eigenvalue weighted by molar-refractivity contribution is 6.07. The van der Waals surface area contributed by atoms with Crippen molar-refractivity contribution in [1.29, 1.82) is 0 Å². The molecule has 5 rings (SSSR count). The van der Waals surface area contributed by atoms with Gasteiger partial charge in [0.15, 0.2) is 5.60 Å². The van der Waals surface area contributed by atoms with Gasteiger partial charge in [-0.15, -0.1) is 0 Å². The third-order valence-corrected chi connectivity index (χ3v) is 9.17. The summed E-state index contributed by atoms with van der Waals surface area (Å²) < 4.78 is 0. The van der Waals surface area contributed by atoms with E-state index in [4.69, 9.17) is 0 Å². The number of hydrogen-bond donors (Lipinski definition) is 2. The molecule has 2 heterocycles. The minimum Gasteiger partial charge on any atom is -0.395 e. The standard InChI is InChI=1S/C37H42N4O7/c1-27(11-9-17-34(43)38(21-22-42)25-28-12-5-4-6-13-28)37(46)32-24-31(41(47)48)18-19-33(32)40(36(37)45)26-29-14-10-15-30(23-29)39-20-8-3-2-7-16-35(39)44/h4-6,9-15,18-19,23-24,27,42,46H,2-3,7-8,16-17,20-22,25-26H2,1H3/b11-9+/t27-,37+/m0/s1. The third-order valence-electron chi connectivity index (χ3n) is 9.17. The predicted octanol–water partition coefficient (Wildman–Crippen LogP) is 5.23. The zero-order chi connectivity index (χ0) is 34.3. The molecule has 1 fully saturated rings. The number of nitro benzene ring substituents is 1. The van der Waals surface area contributed by atoms with E-state index in [1.54, 1.807) is 24.0 Å². The largest absolute Gasteiger partial charge is 0.395 e. The van der Waals surface area contributed by atoms with Crippen LogP contribution in [-0.4, -0.2) is 57.5 Å². The maximum absolute atomic E-state index is 14.1. The lowest BCUT2D eigenvalue weighted by Crippen LogP contribution is -2.44. The van der Waals surface area contributed by atoms with Crippen molar-refractivity contribution in [3.8, 4) is 0 Å². The first-order chi connectivity index (χ1) is 23.1. The molecular formula is C37H42N4O7. The smallest absolute Gasteiger partial charge is 0.269 e. The van der Waals surface area contributed by atoms with Gasteiger partial charge in [0.2, 0.25) is 11.8 Å². The highest BCUT2D eigenvalue weighted by atomic mass is 16.6. The van der Waals surface area contributed by atoms with Gasteiger partial charge >= 0.3 is 0 Å². The van der Waals surface area contributed by atoms with E-state index in [1.165, 1.54) is 28.0 Å². The molecule has 3 amide bonds. The van der Waals surface area contributed by atoms with Gasteiger partial charge in [-0.2, -0.15) is 0 Å². The van der Waals surface area contributed by atoms with E-state index in [9.17, 15) is 34.7 Å². The molecule has 2 atom stereocenters. The second kappa shape index (κ2) is 15.4. The van der Waals surface area contributed by atoms with Crippen molar-refractivity contribution in [1.82, 2.24) is 4.90 Å². The number of hydrogen-bond acceptors (Lipinski definition) is 7. The normalized spacial score (nSPS) is 18.8. The van der Waals surface area contributed by atoms with Gasteiger partial charge in [-0.25, -0.2) is 0 Å². The lowest BCUT2D eigenvalue weighted by atomic mass is 9.82. The molecule has 2 N–H and O–H groups in total. The topological polar surface area (TPSA) is 145 Å². The number of carbonyl (C=O) groups is 3.